The molecule has 30 heavy (non-hydrogen) atoms. The Hall–Kier alpha value is -3.49. The quantitative estimate of drug-likeness (QED) is 0.512. The Bertz CT molecular complexity index is 1270. The molecule has 5 rings (SSSR count). The van der Waals surface area contributed by atoms with Crippen LogP contribution in [0, 0.1) is 11.3 Å². The molecule has 3 aromatic heterocycles. The number of fused-ring (bicyclic) bond motifs is 3. The zero-order valence-corrected chi connectivity index (χ0v) is 16.9. The van der Waals surface area contributed by atoms with Crippen LogP contribution in [0.2, 0.25) is 0 Å². The summed E-state index contributed by atoms with van der Waals surface area (Å²) in [6.45, 7) is 7.31. The Morgan fingerprint density at radius 2 is 1.87 bits per heavy atom. The van der Waals surface area contributed by atoms with Gasteiger partial charge in [0.1, 0.15) is 17.4 Å². The first-order chi connectivity index (χ1) is 14.8. The predicted octanol–water partition coefficient (Wildman–Crippen LogP) is 5.28. The molecule has 0 bridgehead atoms. The number of pyridine rings is 2. The van der Waals surface area contributed by atoms with E-state index in [9.17, 15) is 5.26 Å². The predicted molar refractivity (Wildman–Crippen MR) is 121 cm³/mol. The second-order valence-electron chi connectivity index (χ2n) is 7.90. The van der Waals surface area contributed by atoms with Crippen molar-refractivity contribution in [2.24, 2.45) is 0 Å². The molecular weight excluding hydrogens is 370 g/mol. The Kier molecular flexibility index (Phi) is 4.78. The molecule has 0 saturated carbocycles. The molecule has 0 amide bonds. The second-order valence-corrected chi connectivity index (χ2v) is 7.90. The number of benzene rings is 1. The van der Waals surface area contributed by atoms with Gasteiger partial charge in [0.25, 0.3) is 0 Å². The fraction of sp³-hybridized carbons (Fsp3) is 0.240. The van der Waals surface area contributed by atoms with Crippen molar-refractivity contribution in [1.82, 2.24) is 19.9 Å². The van der Waals surface area contributed by atoms with Gasteiger partial charge in [-0.2, -0.15) is 5.26 Å². The highest BCUT2D eigenvalue weighted by atomic mass is 15.1. The van der Waals surface area contributed by atoms with Gasteiger partial charge in [-0.15, -0.1) is 0 Å². The van der Waals surface area contributed by atoms with Crippen molar-refractivity contribution in [3.05, 3.63) is 66.1 Å². The number of nitrogens with one attached hydrogen (secondary N) is 1. The minimum absolute atomic E-state index is 0.380. The molecule has 148 valence electrons. The summed E-state index contributed by atoms with van der Waals surface area (Å²) in [4.78, 5) is 14.7. The molecule has 1 fully saturated rings. The van der Waals surface area contributed by atoms with Gasteiger partial charge in [-0.25, -0.2) is 9.97 Å². The van der Waals surface area contributed by atoms with Gasteiger partial charge in [0.05, 0.1) is 11.7 Å². The van der Waals surface area contributed by atoms with E-state index in [1.807, 2.05) is 6.20 Å². The number of aromatic amines is 1. The molecule has 4 heterocycles. The highest BCUT2D eigenvalue weighted by molar-refractivity contribution is 6.11. The first-order valence-corrected chi connectivity index (χ1v) is 10.4. The normalized spacial score (nSPS) is 14.8. The van der Waals surface area contributed by atoms with E-state index in [1.54, 1.807) is 12.3 Å². The molecule has 4 aromatic rings. The molecule has 1 N–H and O–H groups in total. The van der Waals surface area contributed by atoms with E-state index in [4.69, 9.17) is 0 Å². The number of rotatable bonds is 4. The lowest BCUT2D eigenvalue weighted by atomic mass is 10.0. The third kappa shape index (κ3) is 3.26. The largest absolute Gasteiger partial charge is 0.338 e. The lowest BCUT2D eigenvalue weighted by molar-refractivity contribution is 0.221. The van der Waals surface area contributed by atoms with E-state index in [0.717, 1.165) is 45.2 Å². The van der Waals surface area contributed by atoms with Crippen LogP contribution in [-0.4, -0.2) is 32.9 Å². The molecule has 0 aliphatic carbocycles. The Balaban J connectivity index is 1.52. The summed E-state index contributed by atoms with van der Waals surface area (Å²) in [5, 5.41) is 11.3. The van der Waals surface area contributed by atoms with Crippen LogP contribution in [0.15, 0.2) is 49.3 Å². The molecule has 5 heteroatoms. The monoisotopic (exact) mass is 393 g/mol. The third-order valence-corrected chi connectivity index (χ3v) is 5.98. The van der Waals surface area contributed by atoms with E-state index in [-0.39, 0.29) is 0 Å². The highest BCUT2D eigenvalue weighted by Crippen LogP contribution is 2.32. The van der Waals surface area contributed by atoms with Crippen LogP contribution in [-0.2, 0) is 6.54 Å². The van der Waals surface area contributed by atoms with Crippen molar-refractivity contribution in [2.75, 3.05) is 13.1 Å². The van der Waals surface area contributed by atoms with Crippen LogP contribution in [0.25, 0.3) is 39.1 Å². The molecule has 0 radical (unpaired) electrons. The zero-order chi connectivity index (χ0) is 20.5. The van der Waals surface area contributed by atoms with Gasteiger partial charge in [-0.3, -0.25) is 4.90 Å². The standard InChI is InChI=1S/C25H23N5/c1-2-20-22(13-26)27-15-23-24(20)21-12-19(14-28-25(21)29-23)18-8-6-17(7-9-18)16-30-10-4-3-5-11-30/h2,6-9,12,14-15H,1,3-5,10-11,16H2,(H,28,29). The molecule has 1 aliphatic heterocycles. The van der Waals surface area contributed by atoms with Crippen LogP contribution in [0.4, 0.5) is 0 Å². The highest BCUT2D eigenvalue weighted by Gasteiger charge is 2.14. The molecule has 1 aromatic carbocycles. The second kappa shape index (κ2) is 7.74. The number of H-pyrrole nitrogens is 1. The average Bonchev–Trinajstić information content (AvgIpc) is 3.17. The van der Waals surface area contributed by atoms with Gasteiger partial charge in [0.2, 0.25) is 0 Å². The lowest BCUT2D eigenvalue weighted by Crippen LogP contribution is -2.28. The van der Waals surface area contributed by atoms with Crippen LogP contribution in [0.3, 0.4) is 0 Å². The van der Waals surface area contributed by atoms with Gasteiger partial charge in [-0.05, 0) is 43.1 Å². The SMILES string of the molecule is C=Cc1c(C#N)ncc2[nH]c3ncc(-c4ccc(CN5CCCCC5)cc4)cc3c12. The number of piperidine rings is 1. The van der Waals surface area contributed by atoms with Crippen LogP contribution < -0.4 is 0 Å². The Labute approximate surface area is 175 Å². The van der Waals surface area contributed by atoms with E-state index in [1.165, 1.54) is 37.9 Å². The summed E-state index contributed by atoms with van der Waals surface area (Å²) in [5.74, 6) is 0. The van der Waals surface area contributed by atoms with Crippen molar-refractivity contribution in [3.63, 3.8) is 0 Å². The van der Waals surface area contributed by atoms with Gasteiger partial charge in [0, 0.05) is 34.6 Å². The van der Waals surface area contributed by atoms with E-state index < -0.39 is 0 Å². The Morgan fingerprint density at radius 3 is 2.60 bits per heavy atom. The first-order valence-electron chi connectivity index (χ1n) is 10.4. The van der Waals surface area contributed by atoms with Crippen molar-refractivity contribution >= 4 is 28.0 Å². The number of nitriles is 1. The van der Waals surface area contributed by atoms with Gasteiger partial charge in [0.15, 0.2) is 0 Å². The third-order valence-electron chi connectivity index (χ3n) is 5.98. The maximum Gasteiger partial charge on any atom is 0.148 e. The van der Waals surface area contributed by atoms with Crippen LogP contribution >= 0.6 is 0 Å². The van der Waals surface area contributed by atoms with E-state index >= 15 is 0 Å². The molecule has 1 saturated heterocycles. The summed E-state index contributed by atoms with van der Waals surface area (Å²) in [5.41, 5.74) is 6.31. The van der Waals surface area contributed by atoms with Crippen molar-refractivity contribution < 1.29 is 0 Å². The maximum absolute atomic E-state index is 9.41. The summed E-state index contributed by atoms with van der Waals surface area (Å²) >= 11 is 0. The van der Waals surface area contributed by atoms with Crippen molar-refractivity contribution in [1.29, 1.82) is 5.26 Å². The summed E-state index contributed by atoms with van der Waals surface area (Å²) < 4.78 is 0. The fourth-order valence-corrected chi connectivity index (χ4v) is 4.42. The zero-order valence-electron chi connectivity index (χ0n) is 16.9. The molecule has 5 nitrogen and oxygen atoms in total. The number of aromatic nitrogens is 3. The molecule has 0 spiro atoms. The van der Waals surface area contributed by atoms with Crippen LogP contribution in [0.1, 0.15) is 36.1 Å². The summed E-state index contributed by atoms with van der Waals surface area (Å²) in [6.07, 6.45) is 9.26. The summed E-state index contributed by atoms with van der Waals surface area (Å²) in [7, 11) is 0. The minimum Gasteiger partial charge on any atom is -0.338 e. The van der Waals surface area contributed by atoms with Gasteiger partial charge in [-0.1, -0.05) is 43.3 Å². The molecule has 0 unspecified atom stereocenters. The first kappa shape index (κ1) is 18.5. The van der Waals surface area contributed by atoms with Gasteiger partial charge < -0.3 is 4.98 Å². The Morgan fingerprint density at radius 1 is 1.07 bits per heavy atom. The van der Waals surface area contributed by atoms with E-state index in [0.29, 0.717) is 5.69 Å². The van der Waals surface area contributed by atoms with Crippen molar-refractivity contribution in [2.45, 2.75) is 25.8 Å². The minimum atomic E-state index is 0.380. The number of nitrogens with zero attached hydrogens (tertiary/aromatic N) is 4. The number of hydrogen-bond acceptors (Lipinski definition) is 4. The summed E-state index contributed by atoms with van der Waals surface area (Å²) in [6, 6.07) is 13.1. The molecule has 0 atom stereocenters. The molecular formula is C25H23N5. The van der Waals surface area contributed by atoms with E-state index in [2.05, 4.69) is 62.8 Å². The maximum atomic E-state index is 9.41. The number of likely N-dealkylation sites (tertiary alicyclic amines) is 1. The topological polar surface area (TPSA) is 68.6 Å². The lowest BCUT2D eigenvalue weighted by Gasteiger charge is -2.26. The molecule has 1 aliphatic rings. The van der Waals surface area contributed by atoms with Crippen molar-refractivity contribution in [3.8, 4) is 17.2 Å². The fourth-order valence-electron chi connectivity index (χ4n) is 4.42. The van der Waals surface area contributed by atoms with Gasteiger partial charge >= 0.3 is 0 Å². The van der Waals surface area contributed by atoms with Crippen LogP contribution in [0.5, 0.6) is 0 Å². The number of hydrogen-bond donors (Lipinski definition) is 1. The smallest absolute Gasteiger partial charge is 0.148 e. The average molecular weight is 393 g/mol.